The minimum Gasteiger partial charge on any atom is -0.390 e. The average Bonchev–Trinajstić information content (AvgIpc) is 2.96. The first-order valence-electron chi connectivity index (χ1n) is 7.64. The first kappa shape index (κ1) is 17.0. The zero-order valence-electron chi connectivity index (χ0n) is 13.5. The van der Waals surface area contributed by atoms with Gasteiger partial charge in [0.05, 0.1) is 25.2 Å². The first-order chi connectivity index (χ1) is 12.0. The lowest BCUT2D eigenvalue weighted by Gasteiger charge is -2.32. The van der Waals surface area contributed by atoms with Crippen molar-refractivity contribution in [1.82, 2.24) is 15.0 Å². The van der Waals surface area contributed by atoms with Gasteiger partial charge < -0.3 is 14.3 Å². The number of carbonyl (C=O) groups excluding carboxylic acids is 1. The number of rotatable bonds is 6. The lowest BCUT2D eigenvalue weighted by molar-refractivity contribution is -0.130. The molecule has 2 heterocycles. The van der Waals surface area contributed by atoms with Crippen LogP contribution in [0.5, 0.6) is 0 Å². The molecule has 0 unspecified atom stereocenters. The molecule has 25 heavy (non-hydrogen) atoms. The Hall–Kier alpha value is -2.84. The van der Waals surface area contributed by atoms with E-state index in [-0.39, 0.29) is 12.3 Å². The summed E-state index contributed by atoms with van der Waals surface area (Å²) in [6, 6.07) is 7.32. The number of amides is 1. The number of benzene rings is 1. The monoisotopic (exact) mass is 350 g/mol. The molecule has 3 rings (SSSR count). The topological polar surface area (TPSA) is 80.8 Å². The number of oxime groups is 1. The predicted molar refractivity (Wildman–Crippen MR) is 84.1 cm³/mol. The first-order valence-corrected chi connectivity index (χ1v) is 7.64. The molecular weight excluding hydrogens is 334 g/mol. The van der Waals surface area contributed by atoms with Gasteiger partial charge in [-0.25, -0.2) is 8.78 Å². The summed E-state index contributed by atoms with van der Waals surface area (Å²) in [5.41, 5.74) is 2.24. The molecule has 0 atom stereocenters. The van der Waals surface area contributed by atoms with E-state index in [2.05, 4.69) is 20.1 Å². The van der Waals surface area contributed by atoms with E-state index in [0.29, 0.717) is 30.5 Å². The lowest BCUT2D eigenvalue weighted by atomic mass is 10.1. The largest absolute Gasteiger partial charge is 0.390 e. The van der Waals surface area contributed by atoms with Crippen LogP contribution in [0.3, 0.4) is 0 Å². The fourth-order valence-electron chi connectivity index (χ4n) is 2.29. The molecule has 132 valence electrons. The van der Waals surface area contributed by atoms with Crippen LogP contribution in [0.2, 0.25) is 0 Å². The van der Waals surface area contributed by atoms with Crippen molar-refractivity contribution in [3.8, 4) is 11.4 Å². The highest BCUT2D eigenvalue weighted by Crippen LogP contribution is 2.17. The van der Waals surface area contributed by atoms with Gasteiger partial charge in [-0.1, -0.05) is 34.6 Å². The minimum atomic E-state index is -2.55. The molecule has 1 saturated heterocycles. The fraction of sp³-hybridized carbons (Fsp3) is 0.375. The summed E-state index contributed by atoms with van der Waals surface area (Å²) in [5.74, 6) is 0.931. The van der Waals surface area contributed by atoms with Crippen LogP contribution in [0.1, 0.15) is 11.5 Å². The van der Waals surface area contributed by atoms with Crippen LogP contribution in [0.15, 0.2) is 33.9 Å². The molecular formula is C16H16F2N4O3. The van der Waals surface area contributed by atoms with E-state index in [1.165, 1.54) is 0 Å². The van der Waals surface area contributed by atoms with Gasteiger partial charge in [-0.15, -0.1) is 0 Å². The van der Waals surface area contributed by atoms with Gasteiger partial charge in [0.2, 0.25) is 17.6 Å². The second-order valence-electron chi connectivity index (χ2n) is 5.60. The zero-order valence-corrected chi connectivity index (χ0v) is 13.5. The van der Waals surface area contributed by atoms with E-state index in [1.807, 2.05) is 24.3 Å². The Kier molecular flexibility index (Phi) is 5.01. The molecule has 0 N–H and O–H groups in total. The smallest absolute Gasteiger partial charge is 0.274 e. The Morgan fingerprint density at radius 2 is 2.08 bits per heavy atom. The third-order valence-electron chi connectivity index (χ3n) is 3.59. The number of aromatic nitrogens is 2. The maximum absolute atomic E-state index is 12.2. The second kappa shape index (κ2) is 7.37. The molecule has 1 aliphatic heterocycles. The number of likely N-dealkylation sites (tertiary alicyclic amines) is 1. The van der Waals surface area contributed by atoms with E-state index in [9.17, 15) is 13.6 Å². The standard InChI is InChI=1S/C16H16F2N4O3/c1-10-19-16(21-25-10)12-4-2-11(3-5-12)6-15(23)22-7-13(8-22)20-24-9-14(17)18/h2-5,14H,6-9H2,1H3. The highest BCUT2D eigenvalue weighted by atomic mass is 19.3. The van der Waals surface area contributed by atoms with Gasteiger partial charge in [0.1, 0.15) is 0 Å². The molecule has 0 bridgehead atoms. The summed E-state index contributed by atoms with van der Waals surface area (Å²) in [5, 5.41) is 7.41. The summed E-state index contributed by atoms with van der Waals surface area (Å²) < 4.78 is 28.8. The summed E-state index contributed by atoms with van der Waals surface area (Å²) in [7, 11) is 0. The van der Waals surface area contributed by atoms with Gasteiger partial charge in [-0.2, -0.15) is 4.98 Å². The van der Waals surface area contributed by atoms with Crippen molar-refractivity contribution in [2.24, 2.45) is 5.16 Å². The van der Waals surface area contributed by atoms with Crippen molar-refractivity contribution in [1.29, 1.82) is 0 Å². The van der Waals surface area contributed by atoms with Crippen LogP contribution in [0, 0.1) is 6.92 Å². The maximum Gasteiger partial charge on any atom is 0.274 e. The van der Waals surface area contributed by atoms with Crippen molar-refractivity contribution in [2.45, 2.75) is 19.8 Å². The summed E-state index contributed by atoms with van der Waals surface area (Å²) in [6.07, 6.45) is -2.31. The van der Waals surface area contributed by atoms with Crippen LogP contribution in [-0.2, 0) is 16.1 Å². The Labute approximate surface area is 142 Å². The molecule has 1 aromatic carbocycles. The van der Waals surface area contributed by atoms with Gasteiger partial charge in [-0.3, -0.25) is 4.79 Å². The van der Waals surface area contributed by atoms with Crippen LogP contribution in [0.4, 0.5) is 8.78 Å². The van der Waals surface area contributed by atoms with Gasteiger partial charge in [0, 0.05) is 12.5 Å². The highest BCUT2D eigenvalue weighted by molar-refractivity contribution is 5.99. The number of carbonyl (C=O) groups is 1. The second-order valence-corrected chi connectivity index (χ2v) is 5.60. The van der Waals surface area contributed by atoms with Crippen LogP contribution >= 0.6 is 0 Å². The summed E-state index contributed by atoms with van der Waals surface area (Å²) in [4.78, 5) is 22.4. The summed E-state index contributed by atoms with van der Waals surface area (Å²) in [6.45, 7) is 1.60. The van der Waals surface area contributed by atoms with Gasteiger partial charge in [-0.05, 0) is 5.56 Å². The Balaban J connectivity index is 1.49. The molecule has 2 aromatic rings. The Morgan fingerprint density at radius 3 is 2.68 bits per heavy atom. The fourth-order valence-corrected chi connectivity index (χ4v) is 2.29. The molecule has 9 heteroatoms. The number of hydrogen-bond acceptors (Lipinski definition) is 6. The minimum absolute atomic E-state index is 0.0593. The van der Waals surface area contributed by atoms with Crippen molar-refractivity contribution in [2.75, 3.05) is 19.7 Å². The zero-order chi connectivity index (χ0) is 17.8. The molecule has 1 aromatic heterocycles. The van der Waals surface area contributed by atoms with Crippen molar-refractivity contribution < 1.29 is 22.9 Å². The third-order valence-corrected chi connectivity index (χ3v) is 3.59. The Bertz CT molecular complexity index is 766. The number of hydrogen-bond donors (Lipinski definition) is 0. The van der Waals surface area contributed by atoms with Gasteiger partial charge in [0.25, 0.3) is 6.43 Å². The quantitative estimate of drug-likeness (QED) is 0.745. The number of aryl methyl sites for hydroxylation is 1. The molecule has 1 fully saturated rings. The van der Waals surface area contributed by atoms with Crippen LogP contribution in [-0.4, -0.2) is 52.8 Å². The van der Waals surface area contributed by atoms with E-state index < -0.39 is 13.0 Å². The summed E-state index contributed by atoms with van der Waals surface area (Å²) >= 11 is 0. The molecule has 0 spiro atoms. The number of nitrogens with zero attached hydrogens (tertiary/aromatic N) is 4. The van der Waals surface area contributed by atoms with Crippen molar-refractivity contribution in [3.63, 3.8) is 0 Å². The average molecular weight is 350 g/mol. The SMILES string of the molecule is Cc1nc(-c2ccc(CC(=O)N3CC(=NOCC(F)F)C3)cc2)no1. The van der Waals surface area contributed by atoms with Crippen LogP contribution < -0.4 is 0 Å². The normalized spacial score (nSPS) is 13.8. The van der Waals surface area contributed by atoms with E-state index >= 15 is 0 Å². The number of alkyl halides is 2. The molecule has 1 aliphatic rings. The molecule has 0 aliphatic carbocycles. The van der Waals surface area contributed by atoms with Gasteiger partial charge >= 0.3 is 0 Å². The van der Waals surface area contributed by atoms with E-state index in [0.717, 1.165) is 11.1 Å². The van der Waals surface area contributed by atoms with Crippen molar-refractivity contribution >= 4 is 11.6 Å². The van der Waals surface area contributed by atoms with Crippen LogP contribution in [0.25, 0.3) is 11.4 Å². The van der Waals surface area contributed by atoms with E-state index in [4.69, 9.17) is 4.52 Å². The van der Waals surface area contributed by atoms with E-state index in [1.54, 1.807) is 11.8 Å². The van der Waals surface area contributed by atoms with Gasteiger partial charge in [0.15, 0.2) is 6.61 Å². The Morgan fingerprint density at radius 1 is 1.36 bits per heavy atom. The van der Waals surface area contributed by atoms with Crippen molar-refractivity contribution in [3.05, 3.63) is 35.7 Å². The molecule has 1 amide bonds. The predicted octanol–water partition coefficient (Wildman–Crippen LogP) is 2.07. The highest BCUT2D eigenvalue weighted by Gasteiger charge is 2.27. The lowest BCUT2D eigenvalue weighted by Crippen LogP contribution is -2.51. The third kappa shape index (κ3) is 4.37. The molecule has 0 saturated carbocycles. The molecule has 7 nitrogen and oxygen atoms in total. The molecule has 0 radical (unpaired) electrons. The maximum atomic E-state index is 12.2. The number of halogens is 2.